The van der Waals surface area contributed by atoms with Crippen molar-refractivity contribution in [2.75, 3.05) is 7.05 Å². The highest BCUT2D eigenvalue weighted by Crippen LogP contribution is 2.21. The molecule has 0 radical (unpaired) electrons. The summed E-state index contributed by atoms with van der Waals surface area (Å²) >= 11 is 1.02. The first-order valence-corrected chi connectivity index (χ1v) is 4.74. The quantitative estimate of drug-likeness (QED) is 0.398. The van der Waals surface area contributed by atoms with Crippen LogP contribution in [0.15, 0.2) is 16.8 Å². The Morgan fingerprint density at radius 3 is 2.38 bits per heavy atom. The molecule has 0 rings (SSSR count). The van der Waals surface area contributed by atoms with Crippen LogP contribution in [0.5, 0.6) is 0 Å². The zero-order chi connectivity index (χ0) is 10.5. The lowest BCUT2D eigenvalue weighted by atomic mass is 9.92. The van der Waals surface area contributed by atoms with Crippen LogP contribution in [0.4, 0.5) is 0 Å². The van der Waals surface area contributed by atoms with E-state index < -0.39 is 0 Å². The molecule has 0 fully saturated rings. The fourth-order valence-electron chi connectivity index (χ4n) is 0.536. The van der Waals surface area contributed by atoms with E-state index in [-0.39, 0.29) is 5.41 Å². The van der Waals surface area contributed by atoms with E-state index in [4.69, 9.17) is 11.0 Å². The third-order valence-electron chi connectivity index (χ3n) is 1.52. The maximum atomic E-state index is 8.45. The van der Waals surface area contributed by atoms with Gasteiger partial charge in [-0.05, 0) is 6.08 Å². The number of hydrogen-bond donors (Lipinski definition) is 1. The van der Waals surface area contributed by atoms with E-state index >= 15 is 0 Å². The van der Waals surface area contributed by atoms with Gasteiger partial charge in [-0.25, -0.2) is 0 Å². The summed E-state index contributed by atoms with van der Waals surface area (Å²) in [5.41, 5.74) is 6.47. The molecule has 0 saturated carbocycles. The lowest BCUT2D eigenvalue weighted by Crippen LogP contribution is -2.17. The van der Waals surface area contributed by atoms with Gasteiger partial charge < -0.3 is 5.73 Å². The first-order valence-electron chi connectivity index (χ1n) is 3.92. The summed E-state index contributed by atoms with van der Waals surface area (Å²) in [5, 5.41) is 11.1. The Labute approximate surface area is 83.7 Å². The standard InChI is InChI=1S/C9H15N3S/c1-9(2,3)7(11)5-8(12-4)13-6-10/h5H,11H2,1-4H3/b7-5-,12-8?. The molecule has 72 valence electrons. The number of aliphatic imine (C=N–C) groups is 1. The van der Waals surface area contributed by atoms with E-state index in [1.54, 1.807) is 13.1 Å². The lowest BCUT2D eigenvalue weighted by Gasteiger charge is -2.18. The van der Waals surface area contributed by atoms with Crippen LogP contribution in [0.3, 0.4) is 0 Å². The third-order valence-corrected chi connectivity index (χ3v) is 2.12. The highest BCUT2D eigenvalue weighted by molar-refractivity contribution is 8.18. The minimum Gasteiger partial charge on any atom is -0.402 e. The minimum atomic E-state index is -0.0774. The lowest BCUT2D eigenvalue weighted by molar-refractivity contribution is 0.498. The zero-order valence-corrected chi connectivity index (χ0v) is 9.27. The number of allylic oxidation sites excluding steroid dienone is 1. The van der Waals surface area contributed by atoms with Gasteiger partial charge in [0.1, 0.15) is 10.4 Å². The van der Waals surface area contributed by atoms with Gasteiger partial charge in [0.25, 0.3) is 0 Å². The van der Waals surface area contributed by atoms with Gasteiger partial charge in [0, 0.05) is 29.9 Å². The summed E-state index contributed by atoms with van der Waals surface area (Å²) in [7, 11) is 1.64. The van der Waals surface area contributed by atoms with Crippen LogP contribution in [0.2, 0.25) is 0 Å². The van der Waals surface area contributed by atoms with Crippen molar-refractivity contribution < 1.29 is 0 Å². The topological polar surface area (TPSA) is 62.2 Å². The summed E-state index contributed by atoms with van der Waals surface area (Å²) in [6, 6.07) is 0. The number of hydrogen-bond acceptors (Lipinski definition) is 4. The van der Waals surface area contributed by atoms with Crippen molar-refractivity contribution in [3.63, 3.8) is 0 Å². The van der Waals surface area contributed by atoms with Gasteiger partial charge in [-0.1, -0.05) is 20.8 Å². The monoisotopic (exact) mass is 197 g/mol. The molecule has 0 aromatic heterocycles. The minimum absolute atomic E-state index is 0.0774. The molecule has 0 unspecified atom stereocenters. The fourth-order valence-corrected chi connectivity index (χ4v) is 0.907. The average molecular weight is 197 g/mol. The van der Waals surface area contributed by atoms with Crippen molar-refractivity contribution in [3.05, 3.63) is 11.8 Å². The van der Waals surface area contributed by atoms with Crippen LogP contribution in [0.1, 0.15) is 20.8 Å². The Balaban J connectivity index is 4.65. The number of nitrogens with two attached hydrogens (primary N) is 1. The van der Waals surface area contributed by atoms with Crippen molar-refractivity contribution >= 4 is 16.8 Å². The molecule has 0 atom stereocenters. The second-order valence-electron chi connectivity index (χ2n) is 3.60. The molecule has 0 bridgehead atoms. The van der Waals surface area contributed by atoms with E-state index in [1.807, 2.05) is 26.2 Å². The predicted octanol–water partition coefficient (Wildman–Crippen LogP) is 2.12. The third kappa shape index (κ3) is 4.58. The summed E-state index contributed by atoms with van der Waals surface area (Å²) < 4.78 is 0. The Bertz CT molecular complexity index is 266. The highest BCUT2D eigenvalue weighted by atomic mass is 32.2. The number of nitrogens with zero attached hydrogens (tertiary/aromatic N) is 2. The Morgan fingerprint density at radius 2 is 2.08 bits per heavy atom. The van der Waals surface area contributed by atoms with E-state index in [0.29, 0.717) is 5.04 Å². The molecule has 3 nitrogen and oxygen atoms in total. The van der Waals surface area contributed by atoms with Gasteiger partial charge >= 0.3 is 0 Å². The van der Waals surface area contributed by atoms with Crippen LogP contribution < -0.4 is 5.73 Å². The van der Waals surface area contributed by atoms with Gasteiger partial charge in [-0.3, -0.25) is 4.99 Å². The van der Waals surface area contributed by atoms with Crippen LogP contribution in [0, 0.1) is 16.1 Å². The SMILES string of the molecule is CN=C(/C=C(\N)C(C)(C)C)SC#N. The van der Waals surface area contributed by atoms with Crippen molar-refractivity contribution in [2.24, 2.45) is 16.1 Å². The van der Waals surface area contributed by atoms with Crippen molar-refractivity contribution in [2.45, 2.75) is 20.8 Å². The molecular formula is C9H15N3S. The summed E-state index contributed by atoms with van der Waals surface area (Å²) in [5.74, 6) is 0. The maximum absolute atomic E-state index is 8.45. The van der Waals surface area contributed by atoms with Crippen LogP contribution in [0.25, 0.3) is 0 Å². The van der Waals surface area contributed by atoms with Crippen LogP contribution >= 0.6 is 11.8 Å². The van der Waals surface area contributed by atoms with Gasteiger partial charge in [-0.15, -0.1) is 0 Å². The molecule has 0 aromatic rings. The second kappa shape index (κ2) is 4.93. The van der Waals surface area contributed by atoms with Crippen molar-refractivity contribution in [1.82, 2.24) is 0 Å². The van der Waals surface area contributed by atoms with Crippen molar-refractivity contribution in [1.29, 1.82) is 5.26 Å². The van der Waals surface area contributed by atoms with E-state index in [2.05, 4.69) is 4.99 Å². The molecule has 4 heteroatoms. The number of thioether (sulfide) groups is 1. The van der Waals surface area contributed by atoms with Gasteiger partial charge in [0.15, 0.2) is 0 Å². The Hall–Kier alpha value is -0.950. The Morgan fingerprint density at radius 1 is 1.54 bits per heavy atom. The predicted molar refractivity (Wildman–Crippen MR) is 58.3 cm³/mol. The number of nitriles is 1. The molecule has 0 aliphatic heterocycles. The largest absolute Gasteiger partial charge is 0.402 e. The average Bonchev–Trinajstić information content (AvgIpc) is 2.01. The van der Waals surface area contributed by atoms with E-state index in [9.17, 15) is 0 Å². The molecule has 0 spiro atoms. The summed E-state index contributed by atoms with van der Waals surface area (Å²) in [6.07, 6.45) is 1.74. The molecule has 2 N–H and O–H groups in total. The van der Waals surface area contributed by atoms with Gasteiger partial charge in [0.2, 0.25) is 0 Å². The van der Waals surface area contributed by atoms with E-state index in [1.165, 1.54) is 0 Å². The fraction of sp³-hybridized carbons (Fsp3) is 0.556. The maximum Gasteiger partial charge on any atom is 0.140 e. The highest BCUT2D eigenvalue weighted by Gasteiger charge is 2.14. The summed E-state index contributed by atoms with van der Waals surface area (Å²) in [6.45, 7) is 6.05. The molecule has 0 aliphatic rings. The van der Waals surface area contributed by atoms with Gasteiger partial charge in [-0.2, -0.15) is 5.26 Å². The first-order chi connectivity index (χ1) is 5.91. The zero-order valence-electron chi connectivity index (χ0n) is 8.46. The molecule has 0 heterocycles. The molecule has 0 aromatic carbocycles. The van der Waals surface area contributed by atoms with Crippen molar-refractivity contribution in [3.8, 4) is 5.40 Å². The molecule has 0 amide bonds. The molecule has 13 heavy (non-hydrogen) atoms. The smallest absolute Gasteiger partial charge is 0.140 e. The number of thiocyanates is 1. The Kier molecular flexibility index (Phi) is 4.57. The van der Waals surface area contributed by atoms with Gasteiger partial charge in [0.05, 0.1) is 0 Å². The normalized spacial score (nSPS) is 14.1. The van der Waals surface area contributed by atoms with Crippen LogP contribution in [-0.4, -0.2) is 12.1 Å². The summed E-state index contributed by atoms with van der Waals surface area (Å²) in [4.78, 5) is 3.93. The molecule has 0 saturated heterocycles. The molecule has 0 aliphatic carbocycles. The van der Waals surface area contributed by atoms with E-state index in [0.717, 1.165) is 17.5 Å². The molecular weight excluding hydrogens is 182 g/mol. The first kappa shape index (κ1) is 12.0. The van der Waals surface area contributed by atoms with Crippen LogP contribution in [-0.2, 0) is 0 Å². The number of rotatable bonds is 1. The second-order valence-corrected chi connectivity index (χ2v) is 4.41.